The molecule has 0 radical (unpaired) electrons. The molecule has 1 aliphatic heterocycles. The Morgan fingerprint density at radius 1 is 1.24 bits per heavy atom. The SMILES string of the molecule is Cc1cccc(OCCN(C)C(=O)C2CCN(c3ccc4nncn4n3)CC2)c1. The molecular formula is C21H26N6O2. The molecular weight excluding hydrogens is 368 g/mol. The lowest BCUT2D eigenvalue weighted by Gasteiger charge is -2.33. The number of nitrogens with zero attached hydrogens (tertiary/aromatic N) is 6. The maximum Gasteiger partial charge on any atom is 0.225 e. The number of piperidine rings is 1. The predicted molar refractivity (Wildman–Crippen MR) is 110 cm³/mol. The van der Waals surface area contributed by atoms with E-state index < -0.39 is 0 Å². The highest BCUT2D eigenvalue weighted by molar-refractivity contribution is 5.79. The van der Waals surface area contributed by atoms with E-state index in [4.69, 9.17) is 4.74 Å². The van der Waals surface area contributed by atoms with Gasteiger partial charge in [-0.1, -0.05) is 12.1 Å². The Morgan fingerprint density at radius 3 is 2.86 bits per heavy atom. The van der Waals surface area contributed by atoms with Crippen LogP contribution in [0, 0.1) is 12.8 Å². The molecule has 3 aromatic rings. The summed E-state index contributed by atoms with van der Waals surface area (Å²) in [4.78, 5) is 16.8. The van der Waals surface area contributed by atoms with Crippen LogP contribution in [0.25, 0.3) is 5.65 Å². The normalized spacial score (nSPS) is 14.9. The number of aromatic nitrogens is 4. The lowest BCUT2D eigenvalue weighted by molar-refractivity contribution is -0.135. The van der Waals surface area contributed by atoms with Gasteiger partial charge in [-0.2, -0.15) is 4.52 Å². The summed E-state index contributed by atoms with van der Waals surface area (Å²) in [5.41, 5.74) is 1.89. The van der Waals surface area contributed by atoms with Crippen LogP contribution in [0.15, 0.2) is 42.7 Å². The minimum absolute atomic E-state index is 0.0499. The summed E-state index contributed by atoms with van der Waals surface area (Å²) in [5.74, 6) is 1.98. The second kappa shape index (κ2) is 8.46. The summed E-state index contributed by atoms with van der Waals surface area (Å²) >= 11 is 0. The minimum atomic E-state index is 0.0499. The molecule has 0 N–H and O–H groups in total. The van der Waals surface area contributed by atoms with Crippen molar-refractivity contribution in [1.29, 1.82) is 0 Å². The highest BCUT2D eigenvalue weighted by atomic mass is 16.5. The molecule has 1 fully saturated rings. The van der Waals surface area contributed by atoms with Crippen molar-refractivity contribution >= 4 is 17.4 Å². The molecule has 3 heterocycles. The van der Waals surface area contributed by atoms with Gasteiger partial charge in [-0.3, -0.25) is 4.79 Å². The molecule has 0 aliphatic carbocycles. The molecule has 1 amide bonds. The van der Waals surface area contributed by atoms with E-state index in [2.05, 4.69) is 20.2 Å². The molecule has 0 atom stereocenters. The molecule has 0 spiro atoms. The molecule has 0 bridgehead atoms. The lowest BCUT2D eigenvalue weighted by Crippen LogP contribution is -2.42. The van der Waals surface area contributed by atoms with Crippen LogP contribution in [-0.2, 0) is 4.79 Å². The minimum Gasteiger partial charge on any atom is -0.492 e. The Kier molecular flexibility index (Phi) is 5.59. The smallest absolute Gasteiger partial charge is 0.225 e. The van der Waals surface area contributed by atoms with Gasteiger partial charge in [0.15, 0.2) is 5.65 Å². The molecule has 2 aromatic heterocycles. The van der Waals surface area contributed by atoms with Crippen molar-refractivity contribution in [3.63, 3.8) is 0 Å². The number of carbonyl (C=O) groups is 1. The Hall–Kier alpha value is -3.16. The third kappa shape index (κ3) is 4.47. The first kappa shape index (κ1) is 19.2. The van der Waals surface area contributed by atoms with E-state index in [1.807, 2.05) is 50.4 Å². The second-order valence-corrected chi connectivity index (χ2v) is 7.51. The number of aryl methyl sites for hydroxylation is 1. The Bertz CT molecular complexity index is 980. The first-order valence-corrected chi connectivity index (χ1v) is 9.96. The van der Waals surface area contributed by atoms with Gasteiger partial charge in [0.2, 0.25) is 5.91 Å². The van der Waals surface area contributed by atoms with Crippen LogP contribution in [-0.4, -0.2) is 63.9 Å². The van der Waals surface area contributed by atoms with E-state index in [9.17, 15) is 4.79 Å². The number of hydrogen-bond donors (Lipinski definition) is 0. The third-order valence-electron chi connectivity index (χ3n) is 5.38. The van der Waals surface area contributed by atoms with Crippen LogP contribution in [0.3, 0.4) is 0 Å². The van der Waals surface area contributed by atoms with Gasteiger partial charge >= 0.3 is 0 Å². The van der Waals surface area contributed by atoms with E-state index >= 15 is 0 Å². The molecule has 8 heteroatoms. The van der Waals surface area contributed by atoms with E-state index in [0.717, 1.165) is 48.7 Å². The topological polar surface area (TPSA) is 75.9 Å². The number of likely N-dealkylation sites (N-methyl/N-ethyl adjacent to an activating group) is 1. The fourth-order valence-corrected chi connectivity index (χ4v) is 3.67. The van der Waals surface area contributed by atoms with E-state index in [1.165, 1.54) is 0 Å². The molecule has 152 valence electrons. The van der Waals surface area contributed by atoms with Crippen molar-refractivity contribution < 1.29 is 9.53 Å². The number of anilines is 1. The summed E-state index contributed by atoms with van der Waals surface area (Å²) < 4.78 is 7.45. The number of rotatable bonds is 6. The van der Waals surface area contributed by atoms with Crippen LogP contribution in [0.2, 0.25) is 0 Å². The molecule has 0 saturated carbocycles. The van der Waals surface area contributed by atoms with Crippen molar-refractivity contribution in [3.05, 3.63) is 48.3 Å². The molecule has 29 heavy (non-hydrogen) atoms. The number of fused-ring (bicyclic) bond motifs is 1. The van der Waals surface area contributed by atoms with Crippen molar-refractivity contribution in [1.82, 2.24) is 24.7 Å². The number of amides is 1. The Balaban J connectivity index is 1.25. The van der Waals surface area contributed by atoms with Crippen LogP contribution in [0.1, 0.15) is 18.4 Å². The number of carbonyl (C=O) groups excluding carboxylic acids is 1. The van der Waals surface area contributed by atoms with E-state index in [1.54, 1.807) is 15.7 Å². The summed E-state index contributed by atoms with van der Waals surface area (Å²) in [6, 6.07) is 11.8. The monoisotopic (exact) mass is 394 g/mol. The highest BCUT2D eigenvalue weighted by Gasteiger charge is 2.27. The summed E-state index contributed by atoms with van der Waals surface area (Å²) in [5, 5.41) is 12.4. The van der Waals surface area contributed by atoms with E-state index in [0.29, 0.717) is 13.2 Å². The number of ether oxygens (including phenoxy) is 1. The van der Waals surface area contributed by atoms with Crippen LogP contribution in [0.5, 0.6) is 5.75 Å². The van der Waals surface area contributed by atoms with Crippen molar-refractivity contribution in [3.8, 4) is 5.75 Å². The lowest BCUT2D eigenvalue weighted by atomic mass is 9.95. The molecule has 8 nitrogen and oxygen atoms in total. The zero-order valence-electron chi connectivity index (χ0n) is 16.9. The van der Waals surface area contributed by atoms with Crippen molar-refractivity contribution in [2.75, 3.05) is 38.2 Å². The van der Waals surface area contributed by atoms with Gasteiger partial charge in [0.05, 0.1) is 6.54 Å². The van der Waals surface area contributed by atoms with E-state index in [-0.39, 0.29) is 11.8 Å². The largest absolute Gasteiger partial charge is 0.492 e. The van der Waals surface area contributed by atoms with Crippen LogP contribution < -0.4 is 9.64 Å². The molecule has 1 aliphatic rings. The summed E-state index contributed by atoms with van der Waals surface area (Å²) in [6.45, 7) is 4.73. The summed E-state index contributed by atoms with van der Waals surface area (Å²) in [7, 11) is 1.86. The number of hydrogen-bond acceptors (Lipinski definition) is 6. The van der Waals surface area contributed by atoms with Gasteiger partial charge in [0.1, 0.15) is 24.5 Å². The van der Waals surface area contributed by atoms with Crippen molar-refractivity contribution in [2.24, 2.45) is 5.92 Å². The standard InChI is InChI=1S/C21H26N6O2/c1-16-4-3-5-18(14-16)29-13-12-25(2)21(28)17-8-10-26(11-9-17)20-7-6-19-23-22-15-27(19)24-20/h3-7,14-15,17H,8-13H2,1-2H3. The quantitative estimate of drug-likeness (QED) is 0.638. The average molecular weight is 394 g/mol. The second-order valence-electron chi connectivity index (χ2n) is 7.51. The molecule has 1 saturated heterocycles. The van der Waals surface area contributed by atoms with Crippen LogP contribution >= 0.6 is 0 Å². The van der Waals surface area contributed by atoms with Gasteiger partial charge in [0.25, 0.3) is 0 Å². The van der Waals surface area contributed by atoms with Crippen molar-refractivity contribution in [2.45, 2.75) is 19.8 Å². The third-order valence-corrected chi connectivity index (χ3v) is 5.38. The van der Waals surface area contributed by atoms with Gasteiger partial charge in [0, 0.05) is 26.1 Å². The van der Waals surface area contributed by atoms with Gasteiger partial charge in [-0.05, 0) is 49.6 Å². The van der Waals surface area contributed by atoms with Gasteiger partial charge in [-0.15, -0.1) is 15.3 Å². The first-order valence-electron chi connectivity index (χ1n) is 9.96. The van der Waals surface area contributed by atoms with Gasteiger partial charge < -0.3 is 14.5 Å². The fourth-order valence-electron chi connectivity index (χ4n) is 3.67. The highest BCUT2D eigenvalue weighted by Crippen LogP contribution is 2.23. The molecule has 0 unspecified atom stereocenters. The first-order chi connectivity index (χ1) is 14.1. The van der Waals surface area contributed by atoms with Crippen LogP contribution in [0.4, 0.5) is 5.82 Å². The average Bonchev–Trinajstić information content (AvgIpc) is 3.21. The predicted octanol–water partition coefficient (Wildman–Crippen LogP) is 2.19. The zero-order valence-corrected chi connectivity index (χ0v) is 16.9. The fraction of sp³-hybridized carbons (Fsp3) is 0.429. The number of benzene rings is 1. The summed E-state index contributed by atoms with van der Waals surface area (Å²) in [6.07, 6.45) is 3.25. The maximum absolute atomic E-state index is 12.8. The molecule has 1 aromatic carbocycles. The Morgan fingerprint density at radius 2 is 2.07 bits per heavy atom. The zero-order chi connectivity index (χ0) is 20.2. The Labute approximate surface area is 170 Å². The van der Waals surface area contributed by atoms with Gasteiger partial charge in [-0.25, -0.2) is 0 Å². The maximum atomic E-state index is 12.8. The molecule has 4 rings (SSSR count).